The monoisotopic (exact) mass is 278 g/mol. The molecule has 0 saturated carbocycles. The third kappa shape index (κ3) is 4.12. The summed E-state index contributed by atoms with van der Waals surface area (Å²) >= 11 is 0. The van der Waals surface area contributed by atoms with Gasteiger partial charge in [0.15, 0.2) is 0 Å². The summed E-state index contributed by atoms with van der Waals surface area (Å²) in [5, 5.41) is 3.40. The Morgan fingerprint density at radius 2 is 1.95 bits per heavy atom. The quantitative estimate of drug-likeness (QED) is 0.863. The summed E-state index contributed by atoms with van der Waals surface area (Å²) in [6.45, 7) is 6.35. The van der Waals surface area contributed by atoms with E-state index in [2.05, 4.69) is 24.2 Å². The van der Waals surface area contributed by atoms with Gasteiger partial charge in [0.25, 0.3) is 0 Å². The average Bonchev–Trinajstić information content (AvgIpc) is 2.48. The molecule has 0 aliphatic carbocycles. The van der Waals surface area contributed by atoms with Crippen molar-refractivity contribution < 1.29 is 9.47 Å². The van der Waals surface area contributed by atoms with Crippen LogP contribution >= 0.6 is 0 Å². The van der Waals surface area contributed by atoms with Crippen molar-refractivity contribution in [3.8, 4) is 11.5 Å². The molecule has 1 aliphatic heterocycles. The molecule has 0 spiro atoms. The van der Waals surface area contributed by atoms with Crippen molar-refractivity contribution in [2.45, 2.75) is 19.4 Å². The minimum atomic E-state index is 0.661. The second-order valence-electron chi connectivity index (χ2n) is 5.49. The van der Waals surface area contributed by atoms with Gasteiger partial charge in [-0.2, -0.15) is 0 Å². The van der Waals surface area contributed by atoms with Gasteiger partial charge in [0.05, 0.1) is 7.11 Å². The van der Waals surface area contributed by atoms with Gasteiger partial charge in [0, 0.05) is 19.1 Å². The van der Waals surface area contributed by atoms with Crippen molar-refractivity contribution in [2.24, 2.45) is 5.92 Å². The van der Waals surface area contributed by atoms with Crippen LogP contribution in [0.2, 0.25) is 0 Å². The third-order valence-electron chi connectivity index (χ3n) is 4.10. The molecule has 20 heavy (non-hydrogen) atoms. The summed E-state index contributed by atoms with van der Waals surface area (Å²) in [5.41, 5.74) is 0. The number of nitrogens with one attached hydrogen (secondary N) is 1. The molecule has 112 valence electrons. The van der Waals surface area contributed by atoms with Crippen molar-refractivity contribution in [1.82, 2.24) is 10.2 Å². The van der Waals surface area contributed by atoms with Gasteiger partial charge >= 0.3 is 0 Å². The second-order valence-corrected chi connectivity index (χ2v) is 5.49. The van der Waals surface area contributed by atoms with Crippen molar-refractivity contribution in [1.29, 1.82) is 0 Å². The second kappa shape index (κ2) is 7.50. The van der Waals surface area contributed by atoms with E-state index in [9.17, 15) is 0 Å². The van der Waals surface area contributed by atoms with E-state index in [1.165, 1.54) is 6.42 Å². The summed E-state index contributed by atoms with van der Waals surface area (Å²) in [7, 11) is 3.73. The Morgan fingerprint density at radius 1 is 1.25 bits per heavy atom. The average molecular weight is 278 g/mol. The molecule has 2 atom stereocenters. The topological polar surface area (TPSA) is 33.7 Å². The van der Waals surface area contributed by atoms with Crippen molar-refractivity contribution >= 4 is 0 Å². The molecule has 1 aromatic carbocycles. The summed E-state index contributed by atoms with van der Waals surface area (Å²) in [4.78, 5) is 2.49. The zero-order valence-electron chi connectivity index (χ0n) is 12.8. The molecular weight excluding hydrogens is 252 g/mol. The largest absolute Gasteiger partial charge is 0.497 e. The fraction of sp³-hybridized carbons (Fsp3) is 0.625. The molecule has 1 N–H and O–H groups in total. The summed E-state index contributed by atoms with van der Waals surface area (Å²) in [5.74, 6) is 2.47. The van der Waals surface area contributed by atoms with Gasteiger partial charge < -0.3 is 14.8 Å². The van der Waals surface area contributed by atoms with E-state index in [1.54, 1.807) is 7.11 Å². The van der Waals surface area contributed by atoms with Gasteiger partial charge in [0.2, 0.25) is 0 Å². The highest BCUT2D eigenvalue weighted by molar-refractivity contribution is 5.31. The first-order valence-electron chi connectivity index (χ1n) is 7.39. The Labute approximate surface area is 122 Å². The highest BCUT2D eigenvalue weighted by atomic mass is 16.5. The lowest BCUT2D eigenvalue weighted by atomic mass is 9.94. The van der Waals surface area contributed by atoms with Gasteiger partial charge in [-0.3, -0.25) is 4.90 Å². The van der Waals surface area contributed by atoms with Crippen LogP contribution in [0.3, 0.4) is 0 Å². The first-order chi connectivity index (χ1) is 9.72. The standard InChI is InChI=1S/C16H26N2O2/c1-13-12-18(9-8-16(13)17-2)10-11-20-15-6-4-14(19-3)5-7-15/h4-7,13,16-17H,8-12H2,1-3H3. The zero-order chi connectivity index (χ0) is 14.4. The van der Waals surface area contributed by atoms with E-state index in [-0.39, 0.29) is 0 Å². The molecular formula is C16H26N2O2. The van der Waals surface area contributed by atoms with Crippen molar-refractivity contribution in [2.75, 3.05) is 40.4 Å². The summed E-state index contributed by atoms with van der Waals surface area (Å²) in [6.07, 6.45) is 1.22. The van der Waals surface area contributed by atoms with Crippen LogP contribution in [-0.2, 0) is 0 Å². The lowest BCUT2D eigenvalue weighted by molar-refractivity contribution is 0.130. The van der Waals surface area contributed by atoms with Crippen molar-refractivity contribution in [3.63, 3.8) is 0 Å². The molecule has 1 aromatic rings. The smallest absolute Gasteiger partial charge is 0.119 e. The van der Waals surface area contributed by atoms with Crippen LogP contribution < -0.4 is 14.8 Å². The lowest BCUT2D eigenvalue weighted by Crippen LogP contribution is -2.48. The van der Waals surface area contributed by atoms with E-state index in [0.29, 0.717) is 12.0 Å². The number of rotatable bonds is 6. The molecule has 1 aliphatic rings. The Balaban J connectivity index is 1.70. The number of nitrogens with zero attached hydrogens (tertiary/aromatic N) is 1. The Bertz CT molecular complexity index is 394. The number of piperidine rings is 1. The maximum atomic E-state index is 5.78. The highest BCUT2D eigenvalue weighted by Crippen LogP contribution is 2.18. The van der Waals surface area contributed by atoms with Gasteiger partial charge in [-0.25, -0.2) is 0 Å². The van der Waals surface area contributed by atoms with Crippen LogP contribution in [0.1, 0.15) is 13.3 Å². The molecule has 4 heteroatoms. The summed E-state index contributed by atoms with van der Waals surface area (Å²) < 4.78 is 10.9. The number of hydrogen-bond donors (Lipinski definition) is 1. The number of benzene rings is 1. The van der Waals surface area contributed by atoms with E-state index in [1.807, 2.05) is 24.3 Å². The summed E-state index contributed by atoms with van der Waals surface area (Å²) in [6, 6.07) is 8.42. The predicted octanol–water partition coefficient (Wildman–Crippen LogP) is 2.00. The van der Waals surface area contributed by atoms with Gasteiger partial charge in [-0.05, 0) is 50.2 Å². The first kappa shape index (κ1) is 15.1. The van der Waals surface area contributed by atoms with Crippen LogP contribution in [0.5, 0.6) is 11.5 Å². The number of ether oxygens (including phenoxy) is 2. The molecule has 0 bridgehead atoms. The normalized spacial score (nSPS) is 23.6. The van der Waals surface area contributed by atoms with Crippen LogP contribution in [-0.4, -0.2) is 51.3 Å². The van der Waals surface area contributed by atoms with Gasteiger partial charge in [-0.15, -0.1) is 0 Å². The fourth-order valence-electron chi connectivity index (χ4n) is 2.83. The molecule has 1 fully saturated rings. The molecule has 4 nitrogen and oxygen atoms in total. The molecule has 0 radical (unpaired) electrons. The van der Waals surface area contributed by atoms with E-state index >= 15 is 0 Å². The van der Waals surface area contributed by atoms with E-state index in [4.69, 9.17) is 9.47 Å². The molecule has 2 unspecified atom stereocenters. The van der Waals surface area contributed by atoms with Crippen LogP contribution in [0.25, 0.3) is 0 Å². The maximum Gasteiger partial charge on any atom is 0.119 e. The number of methoxy groups -OCH3 is 1. The van der Waals surface area contributed by atoms with E-state index < -0.39 is 0 Å². The zero-order valence-corrected chi connectivity index (χ0v) is 12.8. The molecule has 1 saturated heterocycles. The van der Waals surface area contributed by atoms with Crippen LogP contribution in [0.4, 0.5) is 0 Å². The fourth-order valence-corrected chi connectivity index (χ4v) is 2.83. The van der Waals surface area contributed by atoms with Crippen LogP contribution in [0.15, 0.2) is 24.3 Å². The molecule has 1 heterocycles. The third-order valence-corrected chi connectivity index (χ3v) is 4.10. The number of likely N-dealkylation sites (tertiary alicyclic amines) is 1. The highest BCUT2D eigenvalue weighted by Gasteiger charge is 2.24. The van der Waals surface area contributed by atoms with Gasteiger partial charge in [-0.1, -0.05) is 6.92 Å². The van der Waals surface area contributed by atoms with Crippen molar-refractivity contribution in [3.05, 3.63) is 24.3 Å². The number of hydrogen-bond acceptors (Lipinski definition) is 4. The molecule has 0 aromatic heterocycles. The SMILES string of the molecule is CNC1CCN(CCOc2ccc(OC)cc2)CC1C. The molecule has 0 amide bonds. The lowest BCUT2D eigenvalue weighted by Gasteiger charge is -2.36. The minimum Gasteiger partial charge on any atom is -0.497 e. The Kier molecular flexibility index (Phi) is 5.68. The van der Waals surface area contributed by atoms with E-state index in [0.717, 1.165) is 37.7 Å². The Hall–Kier alpha value is -1.26. The Morgan fingerprint density at radius 3 is 2.55 bits per heavy atom. The maximum absolute atomic E-state index is 5.78. The first-order valence-corrected chi connectivity index (χ1v) is 7.39. The molecule has 2 rings (SSSR count). The van der Waals surface area contributed by atoms with Gasteiger partial charge in [0.1, 0.15) is 18.1 Å². The van der Waals surface area contributed by atoms with Crippen LogP contribution in [0, 0.1) is 5.92 Å². The minimum absolute atomic E-state index is 0.661. The predicted molar refractivity (Wildman–Crippen MR) is 81.6 cm³/mol.